The van der Waals surface area contributed by atoms with Crippen LogP contribution in [0, 0.1) is 6.92 Å². The van der Waals surface area contributed by atoms with E-state index >= 15 is 0 Å². The van der Waals surface area contributed by atoms with Gasteiger partial charge in [-0.25, -0.2) is 8.42 Å². The number of benzene rings is 1. The van der Waals surface area contributed by atoms with E-state index < -0.39 is 22.0 Å². The normalized spacial score (nSPS) is 19.6. The highest BCUT2D eigenvalue weighted by Crippen LogP contribution is 2.29. The van der Waals surface area contributed by atoms with E-state index in [0.717, 1.165) is 4.31 Å². The average Bonchev–Trinajstić information content (AvgIpc) is 2.91. The van der Waals surface area contributed by atoms with Crippen LogP contribution in [-0.4, -0.2) is 43.0 Å². The molecule has 2 rings (SSSR count). The minimum atomic E-state index is -3.79. The van der Waals surface area contributed by atoms with E-state index in [1.165, 1.54) is 12.1 Å². The van der Waals surface area contributed by atoms with Crippen molar-refractivity contribution in [3.05, 3.63) is 23.8 Å². The van der Waals surface area contributed by atoms with Gasteiger partial charge in [0.25, 0.3) is 0 Å². The summed E-state index contributed by atoms with van der Waals surface area (Å²) < 4.78 is 31.6. The van der Waals surface area contributed by atoms with E-state index in [2.05, 4.69) is 0 Å². The molecule has 0 radical (unpaired) electrons. The lowest BCUT2D eigenvalue weighted by molar-refractivity contribution is -0.140. The van der Waals surface area contributed by atoms with Crippen molar-refractivity contribution in [3.8, 4) is 5.75 Å². The number of aryl methyl sites for hydroxylation is 1. The van der Waals surface area contributed by atoms with Crippen molar-refractivity contribution >= 4 is 16.0 Å². The van der Waals surface area contributed by atoms with Crippen LogP contribution in [-0.2, 0) is 14.8 Å². The van der Waals surface area contributed by atoms with Gasteiger partial charge >= 0.3 is 5.97 Å². The zero-order chi connectivity index (χ0) is 15.6. The Hall–Kier alpha value is -1.60. The van der Waals surface area contributed by atoms with Crippen molar-refractivity contribution in [3.63, 3.8) is 0 Å². The van der Waals surface area contributed by atoms with Crippen LogP contribution in [0.1, 0.15) is 25.3 Å². The lowest BCUT2D eigenvalue weighted by atomic mass is 10.2. The quantitative estimate of drug-likeness (QED) is 0.893. The van der Waals surface area contributed by atoms with Crippen molar-refractivity contribution in [2.45, 2.75) is 37.6 Å². The summed E-state index contributed by atoms with van der Waals surface area (Å²) in [6.07, 6.45) is 0.913. The highest BCUT2D eigenvalue weighted by atomic mass is 32.2. The van der Waals surface area contributed by atoms with E-state index in [-0.39, 0.29) is 11.4 Å². The van der Waals surface area contributed by atoms with Crippen molar-refractivity contribution in [2.75, 3.05) is 13.2 Å². The van der Waals surface area contributed by atoms with Gasteiger partial charge in [0.05, 0.1) is 11.5 Å². The van der Waals surface area contributed by atoms with Crippen LogP contribution in [0.15, 0.2) is 23.1 Å². The van der Waals surface area contributed by atoms with Crippen LogP contribution >= 0.6 is 0 Å². The summed E-state index contributed by atoms with van der Waals surface area (Å²) in [6, 6.07) is 3.63. The predicted molar refractivity (Wildman–Crippen MR) is 76.9 cm³/mol. The van der Waals surface area contributed by atoms with Gasteiger partial charge in [0.15, 0.2) is 0 Å². The molecule has 1 fully saturated rings. The second-order valence-electron chi connectivity index (χ2n) is 4.97. The number of hydrogen-bond donors (Lipinski definition) is 1. The van der Waals surface area contributed by atoms with Gasteiger partial charge in [-0.1, -0.05) is 0 Å². The molecule has 0 aliphatic carbocycles. The Kier molecular flexibility index (Phi) is 4.53. The van der Waals surface area contributed by atoms with Crippen molar-refractivity contribution in [1.29, 1.82) is 0 Å². The fraction of sp³-hybridized carbons (Fsp3) is 0.500. The third kappa shape index (κ3) is 3.03. The number of hydrogen-bond acceptors (Lipinski definition) is 4. The molecule has 0 aromatic heterocycles. The number of rotatable bonds is 5. The molecule has 1 aromatic carbocycles. The van der Waals surface area contributed by atoms with Crippen LogP contribution < -0.4 is 4.74 Å². The maximum Gasteiger partial charge on any atom is 0.322 e. The SMILES string of the molecule is CCOc1ccc(S(=O)(=O)N2CCCC2C(=O)O)cc1C. The zero-order valence-corrected chi connectivity index (χ0v) is 12.9. The molecule has 1 aliphatic heterocycles. The van der Waals surface area contributed by atoms with E-state index in [4.69, 9.17) is 9.84 Å². The van der Waals surface area contributed by atoms with Crippen LogP contribution in [0.25, 0.3) is 0 Å². The first-order valence-electron chi connectivity index (χ1n) is 6.86. The second kappa shape index (κ2) is 6.03. The Balaban J connectivity index is 2.35. The van der Waals surface area contributed by atoms with Crippen LogP contribution in [0.3, 0.4) is 0 Å². The summed E-state index contributed by atoms with van der Waals surface area (Å²) in [5, 5.41) is 9.14. The monoisotopic (exact) mass is 313 g/mol. The summed E-state index contributed by atoms with van der Waals surface area (Å²) in [5.41, 5.74) is 0.712. The molecular formula is C14H19NO5S. The standard InChI is InChI=1S/C14H19NO5S/c1-3-20-13-7-6-11(9-10(13)2)21(18,19)15-8-4-5-12(15)14(16)17/h6-7,9,12H,3-5,8H2,1-2H3,(H,16,17). The fourth-order valence-corrected chi connectivity index (χ4v) is 4.25. The number of carboxylic acids is 1. The third-order valence-corrected chi connectivity index (χ3v) is 5.45. The molecule has 1 atom stereocenters. The smallest absolute Gasteiger partial charge is 0.322 e. The van der Waals surface area contributed by atoms with Gasteiger partial charge in [0, 0.05) is 6.54 Å². The molecule has 0 saturated carbocycles. The molecule has 1 aliphatic rings. The van der Waals surface area contributed by atoms with Gasteiger partial charge in [-0.3, -0.25) is 4.79 Å². The maximum absolute atomic E-state index is 12.6. The lowest BCUT2D eigenvalue weighted by Gasteiger charge is -2.21. The van der Waals surface area contributed by atoms with Crippen molar-refractivity contribution < 1.29 is 23.1 Å². The van der Waals surface area contributed by atoms with Gasteiger partial charge in [-0.2, -0.15) is 4.31 Å². The number of aliphatic carboxylic acids is 1. The van der Waals surface area contributed by atoms with Crippen LogP contribution in [0.4, 0.5) is 0 Å². The van der Waals surface area contributed by atoms with Gasteiger partial charge in [-0.15, -0.1) is 0 Å². The maximum atomic E-state index is 12.6. The molecule has 1 heterocycles. The highest BCUT2D eigenvalue weighted by molar-refractivity contribution is 7.89. The molecule has 21 heavy (non-hydrogen) atoms. The molecule has 6 nitrogen and oxygen atoms in total. The Morgan fingerprint density at radius 2 is 2.19 bits per heavy atom. The van der Waals surface area contributed by atoms with E-state index in [9.17, 15) is 13.2 Å². The molecule has 1 unspecified atom stereocenters. The molecule has 1 N–H and O–H groups in total. The first kappa shape index (κ1) is 15.8. The predicted octanol–water partition coefficient (Wildman–Crippen LogP) is 1.63. The zero-order valence-electron chi connectivity index (χ0n) is 12.1. The van der Waals surface area contributed by atoms with E-state index in [1.807, 2.05) is 6.92 Å². The average molecular weight is 313 g/mol. The molecule has 0 amide bonds. The summed E-state index contributed by atoms with van der Waals surface area (Å²) in [5.74, 6) is -0.466. The minimum absolute atomic E-state index is 0.108. The molecule has 1 saturated heterocycles. The van der Waals surface area contributed by atoms with Gasteiger partial charge in [0.2, 0.25) is 10.0 Å². The molecule has 0 spiro atoms. The van der Waals surface area contributed by atoms with Crippen molar-refractivity contribution in [1.82, 2.24) is 4.31 Å². The number of nitrogens with zero attached hydrogens (tertiary/aromatic N) is 1. The van der Waals surface area contributed by atoms with Crippen molar-refractivity contribution in [2.24, 2.45) is 0 Å². The Labute approximate surface area is 124 Å². The van der Waals surface area contributed by atoms with Gasteiger partial charge in [-0.05, 0) is 50.5 Å². The molecule has 7 heteroatoms. The largest absolute Gasteiger partial charge is 0.494 e. The molecule has 1 aromatic rings. The van der Waals surface area contributed by atoms with Crippen LogP contribution in [0.2, 0.25) is 0 Å². The number of sulfonamides is 1. The number of carboxylic acid groups (broad SMARTS) is 1. The molecule has 116 valence electrons. The third-order valence-electron chi connectivity index (χ3n) is 3.54. The number of carbonyl (C=O) groups is 1. The van der Waals surface area contributed by atoms with E-state index in [1.54, 1.807) is 13.0 Å². The minimum Gasteiger partial charge on any atom is -0.494 e. The molecular weight excluding hydrogens is 294 g/mol. The topological polar surface area (TPSA) is 83.9 Å². The summed E-state index contributed by atoms with van der Waals surface area (Å²) in [4.78, 5) is 11.3. The first-order valence-corrected chi connectivity index (χ1v) is 8.30. The Bertz CT molecular complexity index is 641. The summed E-state index contributed by atoms with van der Waals surface area (Å²) in [7, 11) is -3.79. The van der Waals surface area contributed by atoms with Crippen LogP contribution in [0.5, 0.6) is 5.75 Å². The summed E-state index contributed by atoms with van der Waals surface area (Å²) in [6.45, 7) is 4.36. The Morgan fingerprint density at radius 3 is 2.76 bits per heavy atom. The molecule has 0 bridgehead atoms. The second-order valence-corrected chi connectivity index (χ2v) is 6.86. The fourth-order valence-electron chi connectivity index (χ4n) is 2.51. The van der Waals surface area contributed by atoms with E-state index in [0.29, 0.717) is 30.8 Å². The lowest BCUT2D eigenvalue weighted by Crippen LogP contribution is -2.40. The number of ether oxygens (including phenoxy) is 1. The van der Waals surface area contributed by atoms with Gasteiger partial charge in [0.1, 0.15) is 11.8 Å². The van der Waals surface area contributed by atoms with Gasteiger partial charge < -0.3 is 9.84 Å². The first-order chi connectivity index (χ1) is 9.87. The summed E-state index contributed by atoms with van der Waals surface area (Å²) >= 11 is 0. The Morgan fingerprint density at radius 1 is 1.48 bits per heavy atom. The highest BCUT2D eigenvalue weighted by Gasteiger charge is 2.39.